The highest BCUT2D eigenvalue weighted by Crippen LogP contribution is 2.54. The number of esters is 2. The predicted octanol–water partition coefficient (Wildman–Crippen LogP) is 1.40. The number of amides is 1. The zero-order chi connectivity index (χ0) is 22.1. The van der Waals surface area contributed by atoms with Crippen molar-refractivity contribution < 1.29 is 28.6 Å². The SMILES string of the molecule is CCOC(=O)CN1C(=O)[C@]2(C(C#N)=C(N)OC(C)=C2C(=O)OCC)c2ccccc21. The second-order valence-corrected chi connectivity index (χ2v) is 6.57. The number of para-hydroxylation sites is 1. The maximum Gasteiger partial charge on any atom is 0.339 e. The minimum absolute atomic E-state index is 0.0473. The molecule has 9 nitrogen and oxygen atoms in total. The smallest absolute Gasteiger partial charge is 0.339 e. The number of carbonyl (C=O) groups is 3. The molecule has 1 atom stereocenters. The quantitative estimate of drug-likeness (QED) is 0.719. The minimum Gasteiger partial charge on any atom is -0.465 e. The van der Waals surface area contributed by atoms with Gasteiger partial charge in [0.2, 0.25) is 11.8 Å². The fraction of sp³-hybridized carbons (Fsp3) is 0.333. The van der Waals surface area contributed by atoms with Crippen LogP contribution in [-0.2, 0) is 34.0 Å². The first-order valence-electron chi connectivity index (χ1n) is 9.38. The first-order valence-corrected chi connectivity index (χ1v) is 9.38. The van der Waals surface area contributed by atoms with Crippen molar-refractivity contribution in [2.24, 2.45) is 5.73 Å². The van der Waals surface area contributed by atoms with Crippen LogP contribution in [0.5, 0.6) is 0 Å². The zero-order valence-electron chi connectivity index (χ0n) is 16.9. The van der Waals surface area contributed by atoms with Crippen LogP contribution in [0.15, 0.2) is 47.1 Å². The van der Waals surface area contributed by atoms with Crippen LogP contribution in [-0.4, -0.2) is 37.6 Å². The van der Waals surface area contributed by atoms with Gasteiger partial charge in [0.15, 0.2) is 5.41 Å². The van der Waals surface area contributed by atoms with Crippen molar-refractivity contribution in [1.82, 2.24) is 0 Å². The van der Waals surface area contributed by atoms with E-state index in [1.807, 2.05) is 6.07 Å². The molecule has 30 heavy (non-hydrogen) atoms. The van der Waals surface area contributed by atoms with Crippen LogP contribution in [0, 0.1) is 11.3 Å². The second kappa shape index (κ2) is 7.91. The number of ether oxygens (including phenoxy) is 3. The Bertz CT molecular complexity index is 1040. The molecule has 1 amide bonds. The molecule has 156 valence electrons. The monoisotopic (exact) mass is 411 g/mol. The van der Waals surface area contributed by atoms with E-state index in [1.54, 1.807) is 38.1 Å². The highest BCUT2D eigenvalue weighted by molar-refractivity contribution is 6.19. The zero-order valence-corrected chi connectivity index (χ0v) is 16.9. The van der Waals surface area contributed by atoms with Crippen LogP contribution < -0.4 is 10.6 Å². The van der Waals surface area contributed by atoms with Gasteiger partial charge in [0.1, 0.15) is 29.5 Å². The van der Waals surface area contributed by atoms with Gasteiger partial charge >= 0.3 is 11.9 Å². The number of hydrogen-bond acceptors (Lipinski definition) is 8. The lowest BCUT2D eigenvalue weighted by Gasteiger charge is -2.34. The Kier molecular flexibility index (Phi) is 5.52. The third kappa shape index (κ3) is 2.88. The summed E-state index contributed by atoms with van der Waals surface area (Å²) in [5.41, 5.74) is 4.42. The molecule has 1 spiro atoms. The summed E-state index contributed by atoms with van der Waals surface area (Å²) < 4.78 is 15.6. The molecular weight excluding hydrogens is 390 g/mol. The minimum atomic E-state index is -1.88. The number of benzene rings is 1. The Balaban J connectivity index is 2.32. The molecule has 1 aromatic carbocycles. The van der Waals surface area contributed by atoms with Crippen molar-refractivity contribution in [3.63, 3.8) is 0 Å². The summed E-state index contributed by atoms with van der Waals surface area (Å²) in [4.78, 5) is 40.1. The number of rotatable bonds is 5. The molecular formula is C21H21N3O6. The van der Waals surface area contributed by atoms with Crippen LogP contribution in [0.3, 0.4) is 0 Å². The molecule has 2 heterocycles. The highest BCUT2D eigenvalue weighted by Gasteiger charge is 2.62. The van der Waals surface area contributed by atoms with Crippen LogP contribution in [0.4, 0.5) is 5.69 Å². The fourth-order valence-corrected chi connectivity index (χ4v) is 3.91. The van der Waals surface area contributed by atoms with Crippen LogP contribution in [0.2, 0.25) is 0 Å². The summed E-state index contributed by atoms with van der Waals surface area (Å²) >= 11 is 0. The number of nitrogens with two attached hydrogens (primary N) is 1. The summed E-state index contributed by atoms with van der Waals surface area (Å²) in [6, 6.07) is 8.52. The van der Waals surface area contributed by atoms with Crippen molar-refractivity contribution in [2.75, 3.05) is 24.7 Å². The second-order valence-electron chi connectivity index (χ2n) is 6.57. The molecule has 0 aliphatic carbocycles. The molecule has 9 heteroatoms. The Morgan fingerprint density at radius 3 is 2.53 bits per heavy atom. The van der Waals surface area contributed by atoms with Crippen LogP contribution in [0.1, 0.15) is 26.3 Å². The van der Waals surface area contributed by atoms with Gasteiger partial charge in [0.25, 0.3) is 0 Å². The number of nitriles is 1. The molecule has 1 aromatic rings. The maximum atomic E-state index is 13.8. The van der Waals surface area contributed by atoms with Crippen molar-refractivity contribution in [3.8, 4) is 6.07 Å². The first kappa shape index (κ1) is 20.9. The molecule has 3 rings (SSSR count). The normalized spacial score (nSPS) is 20.1. The molecule has 2 aliphatic heterocycles. The van der Waals surface area contributed by atoms with Gasteiger partial charge in [-0.25, -0.2) is 4.79 Å². The lowest BCUT2D eigenvalue weighted by Crippen LogP contribution is -2.49. The Morgan fingerprint density at radius 1 is 1.23 bits per heavy atom. The van der Waals surface area contributed by atoms with Crippen molar-refractivity contribution >= 4 is 23.5 Å². The molecule has 0 aromatic heterocycles. The van der Waals surface area contributed by atoms with Gasteiger partial charge in [-0.05, 0) is 26.8 Å². The summed E-state index contributed by atoms with van der Waals surface area (Å²) in [5.74, 6) is -2.35. The Morgan fingerprint density at radius 2 is 1.90 bits per heavy atom. The standard InChI is InChI=1S/C21H21N3O6/c1-4-28-16(25)11-24-15-9-7-6-8-13(15)21(20(24)27)14(10-22)18(23)30-12(3)17(21)19(26)29-5-2/h6-9H,4-5,11,23H2,1-3H3/t21-/m0/s1. The van der Waals surface area contributed by atoms with Gasteiger partial charge in [-0.15, -0.1) is 0 Å². The van der Waals surface area contributed by atoms with Gasteiger partial charge in [-0.1, -0.05) is 18.2 Å². The predicted molar refractivity (Wildman–Crippen MR) is 104 cm³/mol. The summed E-state index contributed by atoms with van der Waals surface area (Å²) in [5, 5.41) is 9.89. The van der Waals surface area contributed by atoms with Crippen molar-refractivity contribution in [1.29, 1.82) is 5.26 Å². The van der Waals surface area contributed by atoms with E-state index in [-0.39, 0.29) is 42.5 Å². The fourth-order valence-electron chi connectivity index (χ4n) is 3.91. The van der Waals surface area contributed by atoms with E-state index < -0.39 is 23.3 Å². The Hall–Kier alpha value is -3.80. The molecule has 2 aliphatic rings. The summed E-state index contributed by atoms with van der Waals surface area (Å²) in [6.45, 7) is 4.55. The number of fused-ring (bicyclic) bond motifs is 2. The highest BCUT2D eigenvalue weighted by atomic mass is 16.5. The lowest BCUT2D eigenvalue weighted by atomic mass is 9.68. The molecule has 2 N–H and O–H groups in total. The summed E-state index contributed by atoms with van der Waals surface area (Å²) in [6.07, 6.45) is 0. The van der Waals surface area contributed by atoms with Gasteiger partial charge in [-0.2, -0.15) is 5.26 Å². The number of allylic oxidation sites excluding steroid dienone is 1. The third-order valence-corrected chi connectivity index (χ3v) is 4.96. The molecule has 0 bridgehead atoms. The third-order valence-electron chi connectivity index (χ3n) is 4.96. The van der Waals surface area contributed by atoms with E-state index in [0.29, 0.717) is 11.3 Å². The number of hydrogen-bond donors (Lipinski definition) is 1. The topological polar surface area (TPSA) is 132 Å². The lowest BCUT2D eigenvalue weighted by molar-refractivity contribution is -0.142. The molecule has 0 fully saturated rings. The van der Waals surface area contributed by atoms with Gasteiger partial charge in [0.05, 0.1) is 13.2 Å². The average Bonchev–Trinajstić information content (AvgIpc) is 2.92. The molecule has 0 unspecified atom stereocenters. The number of nitrogens with zero attached hydrogens (tertiary/aromatic N) is 2. The van der Waals surface area contributed by atoms with Crippen molar-refractivity contribution in [3.05, 3.63) is 52.6 Å². The first-order chi connectivity index (χ1) is 14.3. The van der Waals surface area contributed by atoms with E-state index >= 15 is 0 Å². The Labute approximate surface area is 173 Å². The van der Waals surface area contributed by atoms with E-state index in [0.717, 1.165) is 0 Å². The van der Waals surface area contributed by atoms with Gasteiger partial charge in [-0.3, -0.25) is 14.5 Å². The maximum absolute atomic E-state index is 13.8. The number of carbonyl (C=O) groups excluding carboxylic acids is 3. The van der Waals surface area contributed by atoms with E-state index in [2.05, 4.69) is 0 Å². The average molecular weight is 411 g/mol. The van der Waals surface area contributed by atoms with Crippen LogP contribution >= 0.6 is 0 Å². The van der Waals surface area contributed by atoms with Crippen molar-refractivity contribution in [2.45, 2.75) is 26.2 Å². The van der Waals surface area contributed by atoms with Gasteiger partial charge in [0, 0.05) is 11.3 Å². The molecule has 0 saturated heterocycles. The van der Waals surface area contributed by atoms with E-state index in [1.165, 1.54) is 11.8 Å². The number of anilines is 1. The van der Waals surface area contributed by atoms with E-state index in [9.17, 15) is 19.6 Å². The largest absolute Gasteiger partial charge is 0.465 e. The molecule has 0 radical (unpaired) electrons. The molecule has 0 saturated carbocycles. The summed E-state index contributed by atoms with van der Waals surface area (Å²) in [7, 11) is 0. The van der Waals surface area contributed by atoms with Crippen LogP contribution in [0.25, 0.3) is 0 Å². The van der Waals surface area contributed by atoms with Gasteiger partial charge < -0.3 is 19.9 Å². The van der Waals surface area contributed by atoms with E-state index in [4.69, 9.17) is 19.9 Å².